The average Bonchev–Trinajstić information content (AvgIpc) is 2.40. The van der Waals surface area contributed by atoms with Crippen molar-refractivity contribution in [2.24, 2.45) is 0 Å². The molecule has 0 aliphatic heterocycles. The van der Waals surface area contributed by atoms with Gasteiger partial charge in [0.1, 0.15) is 22.6 Å². The highest BCUT2D eigenvalue weighted by molar-refractivity contribution is 6.30. The molecule has 3 nitrogen and oxygen atoms in total. The van der Waals surface area contributed by atoms with Gasteiger partial charge in [0.25, 0.3) is 0 Å². The van der Waals surface area contributed by atoms with Gasteiger partial charge in [-0.3, -0.25) is 0 Å². The monoisotopic (exact) mass is 293 g/mol. The second-order valence-electron chi connectivity index (χ2n) is 4.74. The van der Waals surface area contributed by atoms with E-state index in [2.05, 4.69) is 22.2 Å². The molecule has 0 aliphatic rings. The summed E-state index contributed by atoms with van der Waals surface area (Å²) >= 11 is 6.13. The molecule has 1 aromatic heterocycles. The summed E-state index contributed by atoms with van der Waals surface area (Å²) in [4.78, 5) is 8.72. The molecule has 0 spiro atoms. The van der Waals surface area contributed by atoms with Gasteiger partial charge in [0.2, 0.25) is 0 Å². The predicted molar refractivity (Wildman–Crippen MR) is 80.2 cm³/mol. The first kappa shape index (κ1) is 14.7. The smallest absolute Gasteiger partial charge is 0.138 e. The van der Waals surface area contributed by atoms with Gasteiger partial charge in [-0.05, 0) is 44.0 Å². The Balaban J connectivity index is 2.34. The number of benzene rings is 1. The largest absolute Gasteiger partial charge is 0.340 e. The normalized spacial score (nSPS) is 10.7. The summed E-state index contributed by atoms with van der Waals surface area (Å²) in [7, 11) is 0. The van der Waals surface area contributed by atoms with Crippen LogP contribution in [0.2, 0.25) is 5.15 Å². The van der Waals surface area contributed by atoms with Crippen LogP contribution in [0.15, 0.2) is 18.2 Å². The lowest BCUT2D eigenvalue weighted by atomic mass is 10.2. The lowest BCUT2D eigenvalue weighted by Crippen LogP contribution is -2.04. The number of hydrogen-bond acceptors (Lipinski definition) is 3. The Hall–Kier alpha value is -1.68. The molecule has 0 fully saturated rings. The molecular formula is C15H17ClFN3. The van der Waals surface area contributed by atoms with E-state index in [9.17, 15) is 4.39 Å². The number of aromatic nitrogens is 2. The van der Waals surface area contributed by atoms with Crippen molar-refractivity contribution in [3.63, 3.8) is 0 Å². The van der Waals surface area contributed by atoms with E-state index in [1.165, 1.54) is 6.07 Å². The molecule has 2 aromatic rings. The van der Waals surface area contributed by atoms with Crippen LogP contribution in [0.1, 0.15) is 30.3 Å². The SMILES string of the molecule is CCCc1nc(Cl)c(C)c(Nc2ccc(F)c(C)c2)n1. The molecule has 20 heavy (non-hydrogen) atoms. The van der Waals surface area contributed by atoms with Crippen molar-refractivity contribution in [3.8, 4) is 0 Å². The van der Waals surface area contributed by atoms with Crippen LogP contribution in [0, 0.1) is 19.7 Å². The number of nitrogens with zero attached hydrogens (tertiary/aromatic N) is 2. The van der Waals surface area contributed by atoms with Crippen LogP contribution in [-0.4, -0.2) is 9.97 Å². The molecule has 0 atom stereocenters. The van der Waals surface area contributed by atoms with E-state index in [-0.39, 0.29) is 5.82 Å². The highest BCUT2D eigenvalue weighted by Crippen LogP contribution is 2.24. The Kier molecular flexibility index (Phi) is 4.55. The number of hydrogen-bond donors (Lipinski definition) is 1. The van der Waals surface area contributed by atoms with Gasteiger partial charge in [-0.1, -0.05) is 18.5 Å². The number of halogens is 2. The fourth-order valence-corrected chi connectivity index (χ4v) is 2.04. The zero-order valence-electron chi connectivity index (χ0n) is 11.8. The zero-order valence-corrected chi connectivity index (χ0v) is 12.6. The first-order valence-corrected chi connectivity index (χ1v) is 6.95. The van der Waals surface area contributed by atoms with Gasteiger partial charge in [-0.2, -0.15) is 0 Å². The van der Waals surface area contributed by atoms with Crippen LogP contribution < -0.4 is 5.32 Å². The summed E-state index contributed by atoms with van der Waals surface area (Å²) in [6.45, 7) is 5.65. The van der Waals surface area contributed by atoms with Crippen molar-refractivity contribution < 1.29 is 4.39 Å². The Morgan fingerprint density at radius 2 is 2.00 bits per heavy atom. The van der Waals surface area contributed by atoms with E-state index < -0.39 is 0 Å². The van der Waals surface area contributed by atoms with Crippen LogP contribution in [0.3, 0.4) is 0 Å². The summed E-state index contributed by atoms with van der Waals surface area (Å²) in [5, 5.41) is 3.63. The molecule has 0 unspecified atom stereocenters. The summed E-state index contributed by atoms with van der Waals surface area (Å²) in [6.07, 6.45) is 1.73. The molecular weight excluding hydrogens is 277 g/mol. The second-order valence-corrected chi connectivity index (χ2v) is 5.10. The fraction of sp³-hybridized carbons (Fsp3) is 0.333. The maximum absolute atomic E-state index is 13.3. The molecule has 106 valence electrons. The number of rotatable bonds is 4. The molecule has 0 aliphatic carbocycles. The number of aryl methyl sites for hydroxylation is 2. The van der Waals surface area contributed by atoms with Gasteiger partial charge >= 0.3 is 0 Å². The van der Waals surface area contributed by atoms with Gasteiger partial charge in [0, 0.05) is 17.7 Å². The van der Waals surface area contributed by atoms with E-state index in [0.717, 1.165) is 24.1 Å². The molecule has 0 radical (unpaired) electrons. The second kappa shape index (κ2) is 6.18. The molecule has 1 aromatic carbocycles. The van der Waals surface area contributed by atoms with Crippen molar-refractivity contribution in [2.75, 3.05) is 5.32 Å². The third-order valence-corrected chi connectivity index (χ3v) is 3.40. The van der Waals surface area contributed by atoms with Crippen LogP contribution in [0.4, 0.5) is 15.9 Å². The fourth-order valence-electron chi connectivity index (χ4n) is 1.85. The topological polar surface area (TPSA) is 37.8 Å². The van der Waals surface area contributed by atoms with E-state index in [4.69, 9.17) is 11.6 Å². The first-order chi connectivity index (χ1) is 9.51. The van der Waals surface area contributed by atoms with Crippen molar-refractivity contribution in [1.29, 1.82) is 0 Å². The van der Waals surface area contributed by atoms with Gasteiger partial charge in [-0.15, -0.1) is 0 Å². The lowest BCUT2D eigenvalue weighted by molar-refractivity contribution is 0.619. The van der Waals surface area contributed by atoms with E-state index in [1.807, 2.05) is 6.92 Å². The quantitative estimate of drug-likeness (QED) is 0.838. The van der Waals surface area contributed by atoms with E-state index >= 15 is 0 Å². The predicted octanol–water partition coefficient (Wildman–Crippen LogP) is 4.58. The number of nitrogens with one attached hydrogen (secondary N) is 1. The lowest BCUT2D eigenvalue weighted by Gasteiger charge is -2.12. The summed E-state index contributed by atoms with van der Waals surface area (Å²) in [5.74, 6) is 1.16. The standard InChI is InChI=1S/C15H17ClFN3/c1-4-5-13-19-14(16)10(3)15(20-13)18-11-6-7-12(17)9(2)8-11/h6-8H,4-5H2,1-3H3,(H,18,19,20). The summed E-state index contributed by atoms with van der Waals surface area (Å²) < 4.78 is 13.3. The van der Waals surface area contributed by atoms with Crippen LogP contribution in [0.25, 0.3) is 0 Å². The molecule has 1 N–H and O–H groups in total. The van der Waals surface area contributed by atoms with Crippen molar-refractivity contribution in [1.82, 2.24) is 9.97 Å². The van der Waals surface area contributed by atoms with Crippen molar-refractivity contribution >= 4 is 23.1 Å². The van der Waals surface area contributed by atoms with Crippen LogP contribution >= 0.6 is 11.6 Å². The van der Waals surface area contributed by atoms with E-state index in [1.54, 1.807) is 19.1 Å². The molecule has 0 saturated heterocycles. The third-order valence-electron chi connectivity index (χ3n) is 3.03. The van der Waals surface area contributed by atoms with Gasteiger partial charge in [-0.25, -0.2) is 14.4 Å². The molecule has 0 saturated carbocycles. The Morgan fingerprint density at radius 3 is 2.65 bits per heavy atom. The minimum Gasteiger partial charge on any atom is -0.340 e. The Labute approximate surface area is 123 Å². The Bertz CT molecular complexity index is 629. The molecule has 0 bridgehead atoms. The van der Waals surface area contributed by atoms with Gasteiger partial charge < -0.3 is 5.32 Å². The minimum absolute atomic E-state index is 0.223. The molecule has 2 rings (SSSR count). The van der Waals surface area contributed by atoms with Crippen LogP contribution in [0.5, 0.6) is 0 Å². The van der Waals surface area contributed by atoms with Crippen molar-refractivity contribution in [2.45, 2.75) is 33.6 Å². The van der Waals surface area contributed by atoms with Gasteiger partial charge in [0.15, 0.2) is 0 Å². The van der Waals surface area contributed by atoms with Crippen molar-refractivity contribution in [3.05, 3.63) is 46.1 Å². The third kappa shape index (κ3) is 3.25. The van der Waals surface area contributed by atoms with Gasteiger partial charge in [0.05, 0.1) is 0 Å². The molecule has 0 amide bonds. The molecule has 5 heteroatoms. The highest BCUT2D eigenvalue weighted by Gasteiger charge is 2.10. The summed E-state index contributed by atoms with van der Waals surface area (Å²) in [5.41, 5.74) is 2.15. The maximum atomic E-state index is 13.3. The maximum Gasteiger partial charge on any atom is 0.138 e. The summed E-state index contributed by atoms with van der Waals surface area (Å²) in [6, 6.07) is 4.85. The number of anilines is 2. The Morgan fingerprint density at radius 1 is 1.25 bits per heavy atom. The van der Waals surface area contributed by atoms with E-state index in [0.29, 0.717) is 22.4 Å². The zero-order chi connectivity index (χ0) is 14.7. The molecule has 1 heterocycles. The minimum atomic E-state index is -0.223. The van der Waals surface area contributed by atoms with Crippen LogP contribution in [-0.2, 0) is 6.42 Å². The highest BCUT2D eigenvalue weighted by atomic mass is 35.5. The first-order valence-electron chi connectivity index (χ1n) is 6.57. The average molecular weight is 294 g/mol.